The van der Waals surface area contributed by atoms with E-state index in [9.17, 15) is 14.4 Å². The van der Waals surface area contributed by atoms with Crippen LogP contribution in [0.25, 0.3) is 0 Å². The number of nitrogens with zero attached hydrogens (tertiary/aromatic N) is 1. The highest BCUT2D eigenvalue weighted by Crippen LogP contribution is 2.40. The lowest BCUT2D eigenvalue weighted by atomic mass is 9.72. The van der Waals surface area contributed by atoms with Gasteiger partial charge >= 0.3 is 0 Å². The first kappa shape index (κ1) is 28.4. The molecule has 0 aliphatic carbocycles. The van der Waals surface area contributed by atoms with Crippen LogP contribution in [-0.4, -0.2) is 54.9 Å². The Kier molecular flexibility index (Phi) is 10.6. The summed E-state index contributed by atoms with van der Waals surface area (Å²) in [7, 11) is 1.57. The molecule has 0 spiro atoms. The van der Waals surface area contributed by atoms with Crippen LogP contribution in [0.15, 0.2) is 23.1 Å². The van der Waals surface area contributed by atoms with E-state index >= 15 is 0 Å². The van der Waals surface area contributed by atoms with E-state index in [4.69, 9.17) is 0 Å². The van der Waals surface area contributed by atoms with Crippen molar-refractivity contribution in [2.24, 2.45) is 10.8 Å². The number of hydrogen-bond donors (Lipinski definition) is 2. The summed E-state index contributed by atoms with van der Waals surface area (Å²) in [5.41, 5.74) is 2.20. The zero-order valence-corrected chi connectivity index (χ0v) is 22.6. The maximum absolute atomic E-state index is 13.0. The van der Waals surface area contributed by atoms with Gasteiger partial charge in [0.25, 0.3) is 5.91 Å². The molecule has 0 radical (unpaired) electrons. The molecule has 1 heterocycles. The molecule has 6 nitrogen and oxygen atoms in total. The molecular formula is C27H43N3O3S. The summed E-state index contributed by atoms with van der Waals surface area (Å²) in [4.78, 5) is 39.1. The van der Waals surface area contributed by atoms with Crippen molar-refractivity contribution in [3.05, 3.63) is 29.3 Å². The van der Waals surface area contributed by atoms with Gasteiger partial charge in [0.15, 0.2) is 0 Å². The third-order valence-electron chi connectivity index (χ3n) is 6.68. The predicted octanol–water partition coefficient (Wildman–Crippen LogP) is 4.66. The summed E-state index contributed by atoms with van der Waals surface area (Å²) in [5, 5.41) is 6.01. The zero-order chi connectivity index (χ0) is 25.4. The van der Waals surface area contributed by atoms with Crippen molar-refractivity contribution in [3.8, 4) is 0 Å². The molecule has 1 aliphatic heterocycles. The van der Waals surface area contributed by atoms with E-state index in [0.717, 1.165) is 48.4 Å². The number of hydrogen-bond acceptors (Lipinski definition) is 5. The highest BCUT2D eigenvalue weighted by Gasteiger charge is 2.34. The van der Waals surface area contributed by atoms with Crippen molar-refractivity contribution in [3.63, 3.8) is 0 Å². The molecule has 190 valence electrons. The number of carbonyl (C=O) groups excluding carboxylic acids is 3. The monoisotopic (exact) mass is 489 g/mol. The molecule has 0 saturated heterocycles. The van der Waals surface area contributed by atoms with Crippen LogP contribution in [0.3, 0.4) is 0 Å². The van der Waals surface area contributed by atoms with E-state index in [1.807, 2.05) is 12.1 Å². The molecule has 1 aliphatic rings. The molecule has 2 amide bonds. The van der Waals surface area contributed by atoms with Gasteiger partial charge < -0.3 is 20.3 Å². The van der Waals surface area contributed by atoms with Gasteiger partial charge in [-0.05, 0) is 73.1 Å². The zero-order valence-electron chi connectivity index (χ0n) is 21.8. The third kappa shape index (κ3) is 8.12. The molecule has 1 aromatic rings. The summed E-state index contributed by atoms with van der Waals surface area (Å²) in [6.07, 6.45) is 4.77. The molecule has 0 saturated carbocycles. The Bertz CT molecular complexity index is 854. The molecule has 0 fully saturated rings. The second kappa shape index (κ2) is 12.7. The SMILES string of the molecule is CCNCCC(C)(C)CC(C)(C)CCSc1cccc2c1CN(C(C=O)CCC(=O)NC)C2=O. The molecule has 34 heavy (non-hydrogen) atoms. The highest BCUT2D eigenvalue weighted by molar-refractivity contribution is 7.99. The topological polar surface area (TPSA) is 78.5 Å². The molecule has 1 atom stereocenters. The van der Waals surface area contributed by atoms with Crippen molar-refractivity contribution in [2.75, 3.05) is 25.9 Å². The quantitative estimate of drug-likeness (QED) is 0.213. The van der Waals surface area contributed by atoms with Crippen molar-refractivity contribution < 1.29 is 14.4 Å². The van der Waals surface area contributed by atoms with Crippen LogP contribution in [0.4, 0.5) is 0 Å². The predicted molar refractivity (Wildman–Crippen MR) is 140 cm³/mol. The lowest BCUT2D eigenvalue weighted by Gasteiger charge is -2.35. The Hall–Kier alpha value is -1.86. The average molecular weight is 490 g/mol. The fourth-order valence-electron chi connectivity index (χ4n) is 4.94. The minimum Gasteiger partial charge on any atom is -0.359 e. The van der Waals surface area contributed by atoms with Gasteiger partial charge in [0.2, 0.25) is 5.91 Å². The summed E-state index contributed by atoms with van der Waals surface area (Å²) in [6, 6.07) is 5.27. The second-order valence-electron chi connectivity index (χ2n) is 10.8. The first-order chi connectivity index (χ1) is 16.0. The van der Waals surface area contributed by atoms with Crippen molar-refractivity contribution in [2.45, 2.75) is 84.2 Å². The minimum atomic E-state index is -0.585. The van der Waals surface area contributed by atoms with E-state index < -0.39 is 6.04 Å². The second-order valence-corrected chi connectivity index (χ2v) is 12.0. The lowest BCUT2D eigenvalue weighted by molar-refractivity contribution is -0.121. The van der Waals surface area contributed by atoms with E-state index in [-0.39, 0.29) is 29.1 Å². The number of thioether (sulfide) groups is 1. The van der Waals surface area contributed by atoms with Gasteiger partial charge in [-0.1, -0.05) is 40.7 Å². The van der Waals surface area contributed by atoms with E-state index in [1.54, 1.807) is 23.7 Å². The van der Waals surface area contributed by atoms with Gasteiger partial charge in [-0.2, -0.15) is 0 Å². The van der Waals surface area contributed by atoms with Gasteiger partial charge in [-0.3, -0.25) is 9.59 Å². The van der Waals surface area contributed by atoms with Gasteiger partial charge in [0, 0.05) is 30.5 Å². The molecular weight excluding hydrogens is 446 g/mol. The molecule has 0 bridgehead atoms. The summed E-state index contributed by atoms with van der Waals surface area (Å²) < 4.78 is 0. The van der Waals surface area contributed by atoms with Gasteiger partial charge in [-0.15, -0.1) is 11.8 Å². The van der Waals surface area contributed by atoms with Crippen LogP contribution in [0.1, 0.15) is 82.6 Å². The first-order valence-corrected chi connectivity index (χ1v) is 13.4. The molecule has 1 unspecified atom stereocenters. The smallest absolute Gasteiger partial charge is 0.255 e. The lowest BCUT2D eigenvalue weighted by Crippen LogP contribution is -2.37. The van der Waals surface area contributed by atoms with Crippen molar-refractivity contribution >= 4 is 29.9 Å². The van der Waals surface area contributed by atoms with Crippen LogP contribution >= 0.6 is 11.8 Å². The van der Waals surface area contributed by atoms with Gasteiger partial charge in [0.1, 0.15) is 6.29 Å². The average Bonchev–Trinajstić information content (AvgIpc) is 3.10. The van der Waals surface area contributed by atoms with E-state index in [2.05, 4.69) is 51.3 Å². The molecule has 0 aromatic heterocycles. The van der Waals surface area contributed by atoms with Crippen LogP contribution in [0, 0.1) is 10.8 Å². The number of fused-ring (bicyclic) bond motifs is 1. The number of carbonyl (C=O) groups is 3. The summed E-state index contributed by atoms with van der Waals surface area (Å²) in [6.45, 7) is 14.1. The van der Waals surface area contributed by atoms with Crippen molar-refractivity contribution in [1.82, 2.24) is 15.5 Å². The number of amides is 2. The fraction of sp³-hybridized carbons (Fsp3) is 0.667. The highest BCUT2D eigenvalue weighted by atomic mass is 32.2. The maximum atomic E-state index is 13.0. The largest absolute Gasteiger partial charge is 0.359 e. The van der Waals surface area contributed by atoms with E-state index in [1.165, 1.54) is 6.42 Å². The number of aldehydes is 1. The standard InChI is InChI=1S/C27H43N3O3S/c1-7-29-15-13-26(2,3)19-27(4,5)14-16-34-23-10-8-9-21-22(23)17-30(25(21)33)20(18-31)11-12-24(32)28-6/h8-10,18,20,29H,7,11-17,19H2,1-6H3,(H,28,32). The molecule has 1 aromatic carbocycles. The van der Waals surface area contributed by atoms with Crippen LogP contribution in [0.2, 0.25) is 0 Å². The first-order valence-electron chi connectivity index (χ1n) is 12.5. The fourth-order valence-corrected chi connectivity index (χ4v) is 6.34. The number of rotatable bonds is 15. The summed E-state index contributed by atoms with van der Waals surface area (Å²) in [5.74, 6) is 0.739. The summed E-state index contributed by atoms with van der Waals surface area (Å²) >= 11 is 1.80. The van der Waals surface area contributed by atoms with E-state index in [0.29, 0.717) is 18.5 Å². The Morgan fingerprint density at radius 2 is 1.91 bits per heavy atom. The minimum absolute atomic E-state index is 0.116. The molecule has 7 heteroatoms. The van der Waals surface area contributed by atoms with Crippen molar-refractivity contribution in [1.29, 1.82) is 0 Å². The third-order valence-corrected chi connectivity index (χ3v) is 7.78. The Balaban J connectivity index is 1.99. The van der Waals surface area contributed by atoms with Gasteiger partial charge in [-0.25, -0.2) is 0 Å². The van der Waals surface area contributed by atoms with Crippen LogP contribution < -0.4 is 10.6 Å². The molecule has 2 rings (SSSR count). The van der Waals surface area contributed by atoms with Gasteiger partial charge in [0.05, 0.1) is 6.04 Å². The molecule has 2 N–H and O–H groups in total. The Morgan fingerprint density at radius 1 is 1.21 bits per heavy atom. The maximum Gasteiger partial charge on any atom is 0.255 e. The Labute approximate surface area is 210 Å². The number of benzene rings is 1. The normalized spacial score (nSPS) is 14.8. The Morgan fingerprint density at radius 3 is 2.56 bits per heavy atom. The van der Waals surface area contributed by atoms with Crippen LogP contribution in [-0.2, 0) is 16.1 Å². The van der Waals surface area contributed by atoms with Crippen LogP contribution in [0.5, 0.6) is 0 Å². The number of nitrogens with one attached hydrogen (secondary N) is 2.